The van der Waals surface area contributed by atoms with E-state index in [4.69, 9.17) is 14.7 Å². The number of nitrogens with one attached hydrogen (secondary N) is 1. The lowest BCUT2D eigenvalue weighted by atomic mass is 10.3. The minimum Gasteiger partial charge on any atom is -0.495 e. The summed E-state index contributed by atoms with van der Waals surface area (Å²) in [6, 6.07) is 10.5. The van der Waals surface area contributed by atoms with Crippen LogP contribution in [0.4, 0.5) is 5.69 Å². The summed E-state index contributed by atoms with van der Waals surface area (Å²) in [6.45, 7) is -0.00188. The Balaban J connectivity index is 2.03. The summed E-state index contributed by atoms with van der Waals surface area (Å²) in [7, 11) is 1.53. The Kier molecular flexibility index (Phi) is 4.58. The third-order valence-electron chi connectivity index (χ3n) is 2.47. The summed E-state index contributed by atoms with van der Waals surface area (Å²) in [6.07, 6.45) is 0. The normalized spacial score (nSPS) is 9.60. The van der Waals surface area contributed by atoms with Gasteiger partial charge in [-0.1, -0.05) is 0 Å². The predicted molar refractivity (Wildman–Crippen MR) is 76.4 cm³/mol. The molecule has 0 bridgehead atoms. The van der Waals surface area contributed by atoms with Crippen molar-refractivity contribution in [2.24, 2.45) is 0 Å². The molecular formula is C14H12N2O3S. The molecule has 1 amide bonds. The van der Waals surface area contributed by atoms with Crippen LogP contribution in [-0.4, -0.2) is 19.6 Å². The Morgan fingerprint density at radius 3 is 2.75 bits per heavy atom. The van der Waals surface area contributed by atoms with Crippen LogP contribution >= 0.6 is 11.3 Å². The van der Waals surface area contributed by atoms with Gasteiger partial charge in [0, 0.05) is 5.69 Å². The van der Waals surface area contributed by atoms with Crippen molar-refractivity contribution < 1.29 is 14.3 Å². The summed E-state index contributed by atoms with van der Waals surface area (Å²) in [4.78, 5) is 12.6. The van der Waals surface area contributed by atoms with Crippen molar-refractivity contribution in [3.63, 3.8) is 0 Å². The Labute approximate surface area is 120 Å². The third kappa shape index (κ3) is 3.28. The smallest absolute Gasteiger partial charge is 0.269 e. The second-order valence-electron chi connectivity index (χ2n) is 3.74. The van der Waals surface area contributed by atoms with Gasteiger partial charge in [0.15, 0.2) is 6.61 Å². The van der Waals surface area contributed by atoms with Gasteiger partial charge in [0.05, 0.1) is 7.11 Å². The summed E-state index contributed by atoms with van der Waals surface area (Å²) >= 11 is 1.32. The first-order chi connectivity index (χ1) is 9.74. The molecular weight excluding hydrogens is 276 g/mol. The van der Waals surface area contributed by atoms with E-state index in [0.717, 1.165) is 0 Å². The molecule has 1 N–H and O–H groups in total. The number of benzene rings is 1. The zero-order chi connectivity index (χ0) is 14.4. The Morgan fingerprint density at radius 2 is 2.10 bits per heavy atom. The van der Waals surface area contributed by atoms with Crippen LogP contribution in [0.25, 0.3) is 0 Å². The van der Waals surface area contributed by atoms with E-state index in [0.29, 0.717) is 22.1 Å². The molecule has 0 saturated carbocycles. The van der Waals surface area contributed by atoms with Gasteiger partial charge < -0.3 is 14.8 Å². The molecule has 0 aliphatic heterocycles. The first kappa shape index (κ1) is 13.9. The Morgan fingerprint density at radius 1 is 1.35 bits per heavy atom. The molecule has 6 heteroatoms. The SMILES string of the molecule is COc1ccsc1C(=O)Nc1ccc(OCC#N)cc1. The molecule has 102 valence electrons. The number of carbonyl (C=O) groups excluding carboxylic acids is 1. The molecule has 5 nitrogen and oxygen atoms in total. The summed E-state index contributed by atoms with van der Waals surface area (Å²) < 4.78 is 10.2. The van der Waals surface area contributed by atoms with E-state index in [-0.39, 0.29) is 12.5 Å². The fourth-order valence-corrected chi connectivity index (χ4v) is 2.32. The molecule has 0 aliphatic carbocycles. The maximum Gasteiger partial charge on any atom is 0.269 e. The van der Waals surface area contributed by atoms with Gasteiger partial charge in [0.25, 0.3) is 5.91 Å². The quantitative estimate of drug-likeness (QED) is 0.918. The number of methoxy groups -OCH3 is 1. The van der Waals surface area contributed by atoms with Gasteiger partial charge in [-0.2, -0.15) is 5.26 Å². The summed E-state index contributed by atoms with van der Waals surface area (Å²) in [5.74, 6) is 0.919. The molecule has 0 atom stereocenters. The highest BCUT2D eigenvalue weighted by Crippen LogP contribution is 2.25. The van der Waals surface area contributed by atoms with E-state index >= 15 is 0 Å². The van der Waals surface area contributed by atoms with Crippen LogP contribution in [0.3, 0.4) is 0 Å². The molecule has 0 aliphatic rings. The summed E-state index contributed by atoms with van der Waals surface area (Å²) in [5.41, 5.74) is 0.648. The maximum atomic E-state index is 12.1. The van der Waals surface area contributed by atoms with Crippen LogP contribution in [0.5, 0.6) is 11.5 Å². The number of hydrogen-bond acceptors (Lipinski definition) is 5. The summed E-state index contributed by atoms with van der Waals surface area (Å²) in [5, 5.41) is 13.0. The molecule has 1 aromatic heterocycles. The lowest BCUT2D eigenvalue weighted by Crippen LogP contribution is -2.11. The van der Waals surface area contributed by atoms with Crippen LogP contribution in [0, 0.1) is 11.3 Å². The number of carbonyl (C=O) groups is 1. The van der Waals surface area contributed by atoms with Crippen molar-refractivity contribution in [3.05, 3.63) is 40.6 Å². The number of hydrogen-bond donors (Lipinski definition) is 1. The standard InChI is InChI=1S/C14H12N2O3S/c1-18-12-6-9-20-13(12)14(17)16-10-2-4-11(5-3-10)19-8-7-15/h2-6,9H,8H2,1H3,(H,16,17). The highest BCUT2D eigenvalue weighted by Gasteiger charge is 2.13. The molecule has 2 aromatic rings. The second kappa shape index (κ2) is 6.59. The van der Waals surface area contributed by atoms with Crippen LogP contribution in [-0.2, 0) is 0 Å². The fraction of sp³-hybridized carbons (Fsp3) is 0.143. The van der Waals surface area contributed by atoms with Gasteiger partial charge in [-0.05, 0) is 35.7 Å². The van der Waals surface area contributed by atoms with E-state index in [2.05, 4.69) is 5.32 Å². The van der Waals surface area contributed by atoms with Crippen LogP contribution in [0.1, 0.15) is 9.67 Å². The van der Waals surface area contributed by atoms with Crippen LogP contribution < -0.4 is 14.8 Å². The number of nitriles is 1. The number of amides is 1. The molecule has 2 rings (SSSR count). The predicted octanol–water partition coefficient (Wildman–Crippen LogP) is 2.91. The highest BCUT2D eigenvalue weighted by molar-refractivity contribution is 7.12. The molecule has 1 aromatic carbocycles. The minimum absolute atomic E-state index is 0.00188. The number of nitrogens with zero attached hydrogens (tertiary/aromatic N) is 1. The van der Waals surface area contributed by atoms with Gasteiger partial charge in [-0.3, -0.25) is 4.79 Å². The van der Waals surface area contributed by atoms with Gasteiger partial charge in [0.2, 0.25) is 0 Å². The van der Waals surface area contributed by atoms with E-state index in [1.165, 1.54) is 18.4 Å². The van der Waals surface area contributed by atoms with Crippen molar-refractivity contribution >= 4 is 22.9 Å². The minimum atomic E-state index is -0.220. The largest absolute Gasteiger partial charge is 0.495 e. The molecule has 0 radical (unpaired) electrons. The number of ether oxygens (including phenoxy) is 2. The van der Waals surface area contributed by atoms with Crippen molar-refractivity contribution in [3.8, 4) is 17.6 Å². The molecule has 1 heterocycles. The Bertz CT molecular complexity index is 629. The van der Waals surface area contributed by atoms with Gasteiger partial charge in [-0.25, -0.2) is 0 Å². The number of rotatable bonds is 5. The average Bonchev–Trinajstić information content (AvgIpc) is 2.95. The molecule has 0 unspecified atom stereocenters. The molecule has 20 heavy (non-hydrogen) atoms. The zero-order valence-electron chi connectivity index (χ0n) is 10.8. The fourth-order valence-electron chi connectivity index (χ4n) is 1.56. The van der Waals surface area contributed by atoms with Crippen LogP contribution in [0.2, 0.25) is 0 Å². The first-order valence-electron chi connectivity index (χ1n) is 5.77. The second-order valence-corrected chi connectivity index (χ2v) is 4.66. The Hall–Kier alpha value is -2.52. The highest BCUT2D eigenvalue weighted by atomic mass is 32.1. The van der Waals surface area contributed by atoms with Crippen molar-refractivity contribution in [2.75, 3.05) is 19.0 Å². The van der Waals surface area contributed by atoms with Crippen LogP contribution in [0.15, 0.2) is 35.7 Å². The first-order valence-corrected chi connectivity index (χ1v) is 6.65. The van der Waals surface area contributed by atoms with Gasteiger partial charge in [0.1, 0.15) is 22.4 Å². The maximum absolute atomic E-state index is 12.1. The van der Waals surface area contributed by atoms with E-state index < -0.39 is 0 Å². The van der Waals surface area contributed by atoms with E-state index in [1.807, 2.05) is 6.07 Å². The van der Waals surface area contributed by atoms with Crippen molar-refractivity contribution in [2.45, 2.75) is 0 Å². The molecule has 0 spiro atoms. The molecule has 0 saturated heterocycles. The number of thiophene rings is 1. The monoisotopic (exact) mass is 288 g/mol. The van der Waals surface area contributed by atoms with E-state index in [1.54, 1.807) is 35.7 Å². The van der Waals surface area contributed by atoms with E-state index in [9.17, 15) is 4.79 Å². The zero-order valence-corrected chi connectivity index (χ0v) is 11.6. The van der Waals surface area contributed by atoms with Crippen molar-refractivity contribution in [1.29, 1.82) is 5.26 Å². The van der Waals surface area contributed by atoms with Gasteiger partial charge >= 0.3 is 0 Å². The third-order valence-corrected chi connectivity index (χ3v) is 3.37. The number of anilines is 1. The van der Waals surface area contributed by atoms with Crippen molar-refractivity contribution in [1.82, 2.24) is 0 Å². The molecule has 0 fully saturated rings. The van der Waals surface area contributed by atoms with Gasteiger partial charge in [-0.15, -0.1) is 11.3 Å². The average molecular weight is 288 g/mol. The topological polar surface area (TPSA) is 71.3 Å². The lowest BCUT2D eigenvalue weighted by molar-refractivity contribution is 0.102. The lowest BCUT2D eigenvalue weighted by Gasteiger charge is -2.06.